The molecule has 1 fully saturated rings. The SMILES string of the molecule is NCCOc1ccc(S(=O)(=O)NN2CCOCC2)cc1. The molecule has 1 aliphatic rings. The van der Waals surface area contributed by atoms with E-state index in [1.165, 1.54) is 12.1 Å². The fraction of sp³-hybridized carbons (Fsp3) is 0.500. The monoisotopic (exact) mass is 301 g/mol. The molecule has 0 aliphatic carbocycles. The van der Waals surface area contributed by atoms with E-state index in [1.807, 2.05) is 0 Å². The van der Waals surface area contributed by atoms with Gasteiger partial charge in [-0.05, 0) is 24.3 Å². The molecule has 0 amide bonds. The first-order valence-electron chi connectivity index (χ1n) is 6.40. The molecule has 8 heteroatoms. The fourth-order valence-electron chi connectivity index (χ4n) is 1.77. The van der Waals surface area contributed by atoms with Crippen LogP contribution in [-0.2, 0) is 14.8 Å². The van der Waals surface area contributed by atoms with Crippen LogP contribution in [0, 0.1) is 0 Å². The minimum absolute atomic E-state index is 0.198. The van der Waals surface area contributed by atoms with Crippen molar-refractivity contribution in [1.82, 2.24) is 9.84 Å². The van der Waals surface area contributed by atoms with Gasteiger partial charge < -0.3 is 15.2 Å². The van der Waals surface area contributed by atoms with Crippen molar-refractivity contribution in [2.45, 2.75) is 4.90 Å². The lowest BCUT2D eigenvalue weighted by atomic mass is 10.3. The molecule has 1 aromatic carbocycles. The summed E-state index contributed by atoms with van der Waals surface area (Å²) in [5.41, 5.74) is 5.33. The standard InChI is InChI=1S/C12H19N3O4S/c13-5-8-19-11-1-3-12(4-2-11)20(16,17)14-15-6-9-18-10-7-15/h1-4,14H,5-10,13H2. The highest BCUT2D eigenvalue weighted by molar-refractivity contribution is 7.89. The quantitative estimate of drug-likeness (QED) is 0.739. The molecule has 0 atom stereocenters. The Bertz CT molecular complexity index is 512. The second-order valence-corrected chi connectivity index (χ2v) is 5.96. The molecule has 3 N–H and O–H groups in total. The Kier molecular flexibility index (Phi) is 5.32. The number of hydrogen-bond acceptors (Lipinski definition) is 6. The number of hydrogen-bond donors (Lipinski definition) is 2. The van der Waals surface area contributed by atoms with Gasteiger partial charge in [-0.3, -0.25) is 0 Å². The van der Waals surface area contributed by atoms with Gasteiger partial charge >= 0.3 is 0 Å². The predicted molar refractivity (Wildman–Crippen MR) is 73.7 cm³/mol. The zero-order valence-corrected chi connectivity index (χ0v) is 11.9. The lowest BCUT2D eigenvalue weighted by molar-refractivity contribution is 0.0272. The Morgan fingerprint density at radius 3 is 2.50 bits per heavy atom. The van der Waals surface area contributed by atoms with E-state index in [1.54, 1.807) is 17.1 Å². The van der Waals surface area contributed by atoms with E-state index >= 15 is 0 Å². The molecule has 20 heavy (non-hydrogen) atoms. The van der Waals surface area contributed by atoms with Crippen LogP contribution >= 0.6 is 0 Å². The third-order valence-corrected chi connectivity index (χ3v) is 4.17. The van der Waals surface area contributed by atoms with Gasteiger partial charge in [-0.25, -0.2) is 13.4 Å². The molecule has 0 aromatic heterocycles. The van der Waals surface area contributed by atoms with Crippen molar-refractivity contribution in [1.29, 1.82) is 0 Å². The topological polar surface area (TPSA) is 93.9 Å². The molecule has 7 nitrogen and oxygen atoms in total. The minimum Gasteiger partial charge on any atom is -0.492 e. The average Bonchev–Trinajstić information content (AvgIpc) is 2.46. The van der Waals surface area contributed by atoms with Gasteiger partial charge in [0.2, 0.25) is 0 Å². The molecule has 0 spiro atoms. The third-order valence-electron chi connectivity index (χ3n) is 2.78. The summed E-state index contributed by atoms with van der Waals surface area (Å²) >= 11 is 0. The number of nitrogens with two attached hydrogens (primary N) is 1. The van der Waals surface area contributed by atoms with Crippen LogP contribution in [-0.4, -0.2) is 52.9 Å². The first kappa shape index (κ1) is 15.2. The van der Waals surface area contributed by atoms with E-state index < -0.39 is 10.0 Å². The van der Waals surface area contributed by atoms with Gasteiger partial charge in [0.05, 0.1) is 18.1 Å². The fourth-order valence-corrected chi connectivity index (χ4v) is 2.89. The van der Waals surface area contributed by atoms with Crippen molar-refractivity contribution in [2.24, 2.45) is 5.73 Å². The van der Waals surface area contributed by atoms with Crippen LogP contribution in [0.15, 0.2) is 29.2 Å². The molecule has 0 radical (unpaired) electrons. The molecule has 2 rings (SSSR count). The number of benzene rings is 1. The van der Waals surface area contributed by atoms with Gasteiger partial charge in [0, 0.05) is 19.6 Å². The summed E-state index contributed by atoms with van der Waals surface area (Å²) in [6.07, 6.45) is 0. The minimum atomic E-state index is -3.56. The van der Waals surface area contributed by atoms with Crippen molar-refractivity contribution < 1.29 is 17.9 Å². The van der Waals surface area contributed by atoms with Gasteiger partial charge in [0.25, 0.3) is 10.0 Å². The van der Waals surface area contributed by atoms with E-state index in [2.05, 4.69) is 4.83 Å². The summed E-state index contributed by atoms with van der Waals surface area (Å²) in [5, 5.41) is 1.64. The van der Waals surface area contributed by atoms with Crippen molar-refractivity contribution >= 4 is 10.0 Å². The van der Waals surface area contributed by atoms with Gasteiger partial charge in [-0.1, -0.05) is 0 Å². The summed E-state index contributed by atoms with van der Waals surface area (Å²) < 4.78 is 34.8. The first-order chi connectivity index (χ1) is 9.62. The first-order valence-corrected chi connectivity index (χ1v) is 7.88. The Balaban J connectivity index is 2.01. The summed E-state index contributed by atoms with van der Waals surface area (Å²) in [6.45, 7) is 2.94. The van der Waals surface area contributed by atoms with E-state index in [-0.39, 0.29) is 4.90 Å². The molecule has 1 saturated heterocycles. The number of nitrogens with one attached hydrogen (secondary N) is 1. The maximum Gasteiger partial charge on any atom is 0.253 e. The summed E-state index contributed by atoms with van der Waals surface area (Å²) in [7, 11) is -3.56. The predicted octanol–water partition coefficient (Wildman–Crippen LogP) is -0.450. The molecular weight excluding hydrogens is 282 g/mol. The van der Waals surface area contributed by atoms with Gasteiger partial charge in [-0.2, -0.15) is 0 Å². The highest BCUT2D eigenvalue weighted by Gasteiger charge is 2.19. The molecule has 1 aromatic rings. The Hall–Kier alpha value is -1.19. The average molecular weight is 301 g/mol. The lowest BCUT2D eigenvalue weighted by Crippen LogP contribution is -2.48. The van der Waals surface area contributed by atoms with Crippen LogP contribution in [0.25, 0.3) is 0 Å². The van der Waals surface area contributed by atoms with E-state index in [4.69, 9.17) is 15.2 Å². The molecule has 0 unspecified atom stereocenters. The van der Waals surface area contributed by atoms with Crippen molar-refractivity contribution in [2.75, 3.05) is 39.5 Å². The van der Waals surface area contributed by atoms with Crippen LogP contribution < -0.4 is 15.3 Å². The maximum atomic E-state index is 12.2. The Morgan fingerprint density at radius 1 is 1.25 bits per heavy atom. The second-order valence-electron chi connectivity index (χ2n) is 4.30. The van der Waals surface area contributed by atoms with Crippen LogP contribution in [0.5, 0.6) is 5.75 Å². The molecule has 0 saturated carbocycles. The van der Waals surface area contributed by atoms with Crippen LogP contribution in [0.2, 0.25) is 0 Å². The third kappa shape index (κ3) is 4.15. The molecule has 0 bridgehead atoms. The zero-order valence-electron chi connectivity index (χ0n) is 11.1. The molecule has 1 aliphatic heterocycles. The highest BCUT2D eigenvalue weighted by Crippen LogP contribution is 2.16. The number of ether oxygens (including phenoxy) is 2. The van der Waals surface area contributed by atoms with E-state index in [0.717, 1.165) is 0 Å². The smallest absolute Gasteiger partial charge is 0.253 e. The molecule has 1 heterocycles. The van der Waals surface area contributed by atoms with Gasteiger partial charge in [-0.15, -0.1) is 4.83 Å². The van der Waals surface area contributed by atoms with Crippen molar-refractivity contribution in [3.63, 3.8) is 0 Å². The number of rotatable bonds is 6. The Morgan fingerprint density at radius 2 is 1.90 bits per heavy atom. The van der Waals surface area contributed by atoms with Gasteiger partial charge in [0.1, 0.15) is 12.4 Å². The highest BCUT2D eigenvalue weighted by atomic mass is 32.2. The largest absolute Gasteiger partial charge is 0.492 e. The van der Waals surface area contributed by atoms with Crippen molar-refractivity contribution in [3.8, 4) is 5.75 Å². The lowest BCUT2D eigenvalue weighted by Gasteiger charge is -2.26. The van der Waals surface area contributed by atoms with Crippen LogP contribution in [0.3, 0.4) is 0 Å². The zero-order chi connectivity index (χ0) is 14.4. The number of nitrogens with zero attached hydrogens (tertiary/aromatic N) is 1. The molecule has 112 valence electrons. The van der Waals surface area contributed by atoms with E-state index in [0.29, 0.717) is 45.2 Å². The maximum absolute atomic E-state index is 12.2. The summed E-state index contributed by atoms with van der Waals surface area (Å²) in [6, 6.07) is 6.25. The number of sulfonamides is 1. The normalized spacial score (nSPS) is 17.1. The second kappa shape index (κ2) is 7.00. The van der Waals surface area contributed by atoms with Crippen LogP contribution in [0.1, 0.15) is 0 Å². The molecular formula is C12H19N3O4S. The summed E-state index contributed by atoms with van der Waals surface area (Å²) in [5.74, 6) is 0.598. The number of hydrazine groups is 1. The Labute approximate surface area is 118 Å². The van der Waals surface area contributed by atoms with E-state index in [9.17, 15) is 8.42 Å². The summed E-state index contributed by atoms with van der Waals surface area (Å²) in [4.78, 5) is 2.74. The van der Waals surface area contributed by atoms with Crippen LogP contribution in [0.4, 0.5) is 0 Å². The van der Waals surface area contributed by atoms with Gasteiger partial charge in [0.15, 0.2) is 0 Å². The van der Waals surface area contributed by atoms with Crippen molar-refractivity contribution in [3.05, 3.63) is 24.3 Å². The number of morpholine rings is 1.